The molecule has 0 bridgehead atoms. The van der Waals surface area contributed by atoms with Crippen molar-refractivity contribution in [1.29, 1.82) is 0 Å². The van der Waals surface area contributed by atoms with E-state index in [1.165, 1.54) is 5.56 Å². The summed E-state index contributed by atoms with van der Waals surface area (Å²) in [6, 6.07) is 20.1. The van der Waals surface area contributed by atoms with Gasteiger partial charge in [-0.1, -0.05) is 149 Å². The normalized spacial score (nSPS) is 11.7. The van der Waals surface area contributed by atoms with Crippen LogP contribution in [0.25, 0.3) is 16.5 Å². The quantitative estimate of drug-likeness (QED) is 0.154. The fourth-order valence-corrected chi connectivity index (χ4v) is 5.88. The predicted octanol–water partition coefficient (Wildman–Crippen LogP) is 11.1. The van der Waals surface area contributed by atoms with E-state index < -0.39 is 0 Å². The molecule has 0 aliphatic heterocycles. The van der Waals surface area contributed by atoms with E-state index in [0.29, 0.717) is 28.3 Å². The van der Waals surface area contributed by atoms with Gasteiger partial charge in [-0.2, -0.15) is 29.3 Å². The van der Waals surface area contributed by atoms with Crippen LogP contribution in [-0.2, 0) is 37.3 Å². The summed E-state index contributed by atoms with van der Waals surface area (Å²) in [4.78, 5) is 0. The molecule has 0 fully saturated rings. The van der Waals surface area contributed by atoms with E-state index in [1.54, 1.807) is 0 Å². The molecule has 0 spiro atoms. The van der Waals surface area contributed by atoms with Crippen LogP contribution in [0.1, 0.15) is 145 Å². The molecule has 2 radical (unpaired) electrons. The Hall–Kier alpha value is -3.03. The van der Waals surface area contributed by atoms with Crippen LogP contribution in [0.2, 0.25) is 0 Å². The van der Waals surface area contributed by atoms with Gasteiger partial charge in [0.2, 0.25) is 0 Å². The van der Waals surface area contributed by atoms with E-state index in [-0.39, 0.29) is 48.8 Å². The predicted molar refractivity (Wildman–Crippen MR) is 208 cm³/mol. The first kappa shape index (κ1) is 45.0. The standard InChI is InChI=1S/C24H34O2.C12H17N.C10H12.Mo/c1-13-11-17(23(5,6)7)21(25)19(15(13)3)20-16(4)14(2)12-18(22(20)26)24(8,9)10;1-8(2)10-6-5-7-11(9(3)4)12(10)13;1-10(2,3)9-7-5-4-6-8-9;/h11-12,25-26H,1-10H3;5-9H,1-4H3;1,4-8H,2-3H3;/q;-2;;+4/p-2. The topological polar surface area (TPSA) is 68.4 Å². The Labute approximate surface area is 319 Å². The van der Waals surface area contributed by atoms with Crippen molar-refractivity contribution in [3.63, 3.8) is 0 Å². The smallest absolute Gasteiger partial charge is 0.872 e. The van der Waals surface area contributed by atoms with Crippen LogP contribution in [0, 0.1) is 34.6 Å². The summed E-state index contributed by atoms with van der Waals surface area (Å²) in [7, 11) is 0. The molecule has 0 amide bonds. The second-order valence-electron chi connectivity index (χ2n) is 16.8. The first-order chi connectivity index (χ1) is 22.3. The molecular formula is C46H61MoNO2. The van der Waals surface area contributed by atoms with Gasteiger partial charge in [0.25, 0.3) is 0 Å². The number of nitrogens with zero attached hydrogens (tertiary/aromatic N) is 1. The molecule has 0 aliphatic carbocycles. The van der Waals surface area contributed by atoms with Gasteiger partial charge in [-0.25, -0.2) is 0 Å². The average Bonchev–Trinajstić information content (AvgIpc) is 2.98. The van der Waals surface area contributed by atoms with Gasteiger partial charge in [-0.05, 0) is 101 Å². The minimum Gasteiger partial charge on any atom is -0.872 e. The molecule has 0 atom stereocenters. The molecule has 3 nitrogen and oxygen atoms in total. The van der Waals surface area contributed by atoms with E-state index in [9.17, 15) is 15.6 Å². The van der Waals surface area contributed by atoms with Gasteiger partial charge in [0.15, 0.2) is 0 Å². The summed E-state index contributed by atoms with van der Waals surface area (Å²) in [5, 5.41) is 37.3. The van der Waals surface area contributed by atoms with Crippen LogP contribution in [-0.4, -0.2) is 0 Å². The van der Waals surface area contributed by atoms with Crippen molar-refractivity contribution in [1.82, 2.24) is 0 Å². The van der Waals surface area contributed by atoms with Gasteiger partial charge in [0.1, 0.15) is 0 Å². The zero-order chi connectivity index (χ0) is 37.8. The Morgan fingerprint density at radius 1 is 0.660 bits per heavy atom. The van der Waals surface area contributed by atoms with Gasteiger partial charge in [0, 0.05) is 0 Å². The van der Waals surface area contributed by atoms with Gasteiger partial charge in [0.05, 0.1) is 0 Å². The van der Waals surface area contributed by atoms with Crippen molar-refractivity contribution in [2.45, 2.75) is 139 Å². The maximum Gasteiger partial charge on any atom is 4.00 e. The van der Waals surface area contributed by atoms with Crippen molar-refractivity contribution >= 4 is 0 Å². The zero-order valence-corrected chi connectivity index (χ0v) is 35.7. The molecule has 4 aromatic carbocycles. The van der Waals surface area contributed by atoms with Crippen molar-refractivity contribution in [3.05, 3.63) is 128 Å². The molecule has 4 aromatic rings. The molecule has 50 heavy (non-hydrogen) atoms. The monoisotopic (exact) mass is 757 g/mol. The first-order valence-electron chi connectivity index (χ1n) is 17.6. The minimum atomic E-state index is -0.266. The largest absolute Gasteiger partial charge is 4.00 e. The average molecular weight is 756 g/mol. The summed E-state index contributed by atoms with van der Waals surface area (Å²) in [5.74, 6) is 0.759. The second-order valence-corrected chi connectivity index (χ2v) is 16.8. The number of hydrogen-bond acceptors (Lipinski definition) is 2. The van der Waals surface area contributed by atoms with Crippen LogP contribution in [0.15, 0.2) is 60.7 Å². The molecule has 0 saturated heterocycles. The molecule has 268 valence electrons. The third-order valence-electron chi connectivity index (χ3n) is 9.32. The maximum absolute atomic E-state index is 13.4. The summed E-state index contributed by atoms with van der Waals surface area (Å²) >= 11 is 0. The van der Waals surface area contributed by atoms with E-state index >= 15 is 0 Å². The molecule has 4 heteroatoms. The van der Waals surface area contributed by atoms with Crippen LogP contribution < -0.4 is 15.6 Å². The fraction of sp³-hybridized carbons (Fsp3) is 0.457. The Bertz CT molecular complexity index is 1670. The Kier molecular flexibility index (Phi) is 15.7. The van der Waals surface area contributed by atoms with Crippen molar-refractivity contribution < 1.29 is 31.3 Å². The van der Waals surface area contributed by atoms with Gasteiger partial charge >= 0.3 is 21.1 Å². The van der Waals surface area contributed by atoms with E-state index in [2.05, 4.69) is 27.7 Å². The van der Waals surface area contributed by atoms with Crippen LogP contribution in [0.4, 0.5) is 0 Å². The van der Waals surface area contributed by atoms with Crippen molar-refractivity contribution in [2.24, 2.45) is 0 Å². The summed E-state index contributed by atoms with van der Waals surface area (Å²) in [6.07, 6.45) is 0. The summed E-state index contributed by atoms with van der Waals surface area (Å²) < 4.78 is 0. The molecule has 0 aromatic heterocycles. The first-order valence-corrected chi connectivity index (χ1v) is 17.6. The van der Waals surface area contributed by atoms with E-state index in [0.717, 1.165) is 44.5 Å². The van der Waals surface area contributed by atoms with Crippen LogP contribution >= 0.6 is 0 Å². The van der Waals surface area contributed by atoms with Gasteiger partial charge in [-0.15, -0.1) is 0 Å². The summed E-state index contributed by atoms with van der Waals surface area (Å²) in [6.45, 7) is 38.5. The van der Waals surface area contributed by atoms with Crippen LogP contribution in [0.5, 0.6) is 11.5 Å². The minimum absolute atomic E-state index is 0. The van der Waals surface area contributed by atoms with E-state index in [4.69, 9.17) is 6.92 Å². The fourth-order valence-electron chi connectivity index (χ4n) is 5.88. The summed E-state index contributed by atoms with van der Waals surface area (Å²) in [5.41, 5.74) is 9.19. The number of hydrogen-bond donors (Lipinski definition) is 0. The molecule has 0 heterocycles. The van der Waals surface area contributed by atoms with Crippen LogP contribution in [0.3, 0.4) is 0 Å². The maximum atomic E-state index is 13.4. The zero-order valence-electron chi connectivity index (χ0n) is 33.7. The number of rotatable bonds is 4. The van der Waals surface area contributed by atoms with E-state index in [1.807, 2.05) is 144 Å². The molecule has 0 N–H and O–H groups in total. The van der Waals surface area contributed by atoms with Crippen molar-refractivity contribution in [3.8, 4) is 22.6 Å². The SMILES string of the molecule is CC(C)c1ccc[c-](C(C)C)c1=[N-].Cc1cc(C(C)(C)C)c([O-])c(-c2c(C)c(C)cc(C(C)(C)C)c2[O-])c1C.[CH]C(C)(C)c1ccccc1.[Mo+4]. The third-order valence-corrected chi connectivity index (χ3v) is 9.32. The van der Waals surface area contributed by atoms with Gasteiger partial charge in [-0.3, -0.25) is 5.36 Å². The molecule has 0 saturated carbocycles. The second kappa shape index (κ2) is 17.5. The molecule has 0 unspecified atom stereocenters. The van der Waals surface area contributed by atoms with Gasteiger partial charge < -0.3 is 15.6 Å². The Balaban J connectivity index is 0.000000432. The van der Waals surface area contributed by atoms with Crippen molar-refractivity contribution in [2.75, 3.05) is 0 Å². The molecule has 0 aliphatic rings. The number of benzene rings is 4. The number of aryl methyl sites for hydroxylation is 2. The molecular weight excluding hydrogens is 694 g/mol. The third kappa shape index (κ3) is 11.0. The Morgan fingerprint density at radius 3 is 1.36 bits per heavy atom. The Morgan fingerprint density at radius 2 is 1.06 bits per heavy atom. The molecule has 4 rings (SSSR count).